The van der Waals surface area contributed by atoms with E-state index in [-0.39, 0.29) is 12.5 Å². The van der Waals surface area contributed by atoms with Gasteiger partial charge >= 0.3 is 0 Å². The minimum Gasteiger partial charge on any atom is -0.394 e. The van der Waals surface area contributed by atoms with Gasteiger partial charge in [0.05, 0.1) is 19.8 Å². The van der Waals surface area contributed by atoms with E-state index < -0.39 is 0 Å². The first-order valence-electron chi connectivity index (χ1n) is 11.6. The topological polar surface area (TPSA) is 82.6 Å². The highest BCUT2D eigenvalue weighted by Crippen LogP contribution is 2.33. The van der Waals surface area contributed by atoms with E-state index in [4.69, 9.17) is 9.84 Å². The highest BCUT2D eigenvalue weighted by molar-refractivity contribution is 6.05. The SMILES string of the molecule is C=C(C)C(=O)NCCCNCc1c2ccccc2c(CNCCOCCO)c2ccccc12. The Morgan fingerprint density at radius 1 is 0.848 bits per heavy atom. The van der Waals surface area contributed by atoms with Crippen LogP contribution in [0.1, 0.15) is 24.5 Å². The molecule has 0 aromatic heterocycles. The molecule has 0 fully saturated rings. The van der Waals surface area contributed by atoms with Crippen LogP contribution in [0.15, 0.2) is 60.7 Å². The molecule has 0 heterocycles. The van der Waals surface area contributed by atoms with Gasteiger partial charge in [-0.3, -0.25) is 4.79 Å². The molecule has 0 saturated heterocycles. The largest absolute Gasteiger partial charge is 0.394 e. The van der Waals surface area contributed by atoms with Crippen molar-refractivity contribution >= 4 is 27.5 Å². The van der Waals surface area contributed by atoms with Gasteiger partial charge in [0.2, 0.25) is 5.91 Å². The van der Waals surface area contributed by atoms with Gasteiger partial charge in [-0.15, -0.1) is 0 Å². The second-order valence-corrected chi connectivity index (χ2v) is 8.13. The molecule has 33 heavy (non-hydrogen) atoms. The number of aliphatic hydroxyl groups excluding tert-OH is 1. The van der Waals surface area contributed by atoms with Gasteiger partial charge in [0.1, 0.15) is 0 Å². The number of hydrogen-bond donors (Lipinski definition) is 4. The zero-order chi connectivity index (χ0) is 23.5. The summed E-state index contributed by atoms with van der Waals surface area (Å²) in [6.07, 6.45) is 0.856. The molecule has 0 unspecified atom stereocenters. The number of hydrogen-bond acceptors (Lipinski definition) is 5. The number of fused-ring (bicyclic) bond motifs is 2. The number of aliphatic hydroxyl groups is 1. The van der Waals surface area contributed by atoms with Crippen molar-refractivity contribution < 1.29 is 14.6 Å². The fraction of sp³-hybridized carbons (Fsp3) is 0.370. The molecule has 3 aromatic carbocycles. The summed E-state index contributed by atoms with van der Waals surface area (Å²) in [5.41, 5.74) is 3.12. The van der Waals surface area contributed by atoms with Crippen molar-refractivity contribution in [1.29, 1.82) is 0 Å². The van der Waals surface area contributed by atoms with Gasteiger partial charge in [-0.25, -0.2) is 0 Å². The summed E-state index contributed by atoms with van der Waals surface area (Å²) < 4.78 is 5.36. The Morgan fingerprint density at radius 3 is 1.85 bits per heavy atom. The first kappa shape index (κ1) is 24.9. The summed E-state index contributed by atoms with van der Waals surface area (Å²) >= 11 is 0. The minimum absolute atomic E-state index is 0.0495. The summed E-state index contributed by atoms with van der Waals surface area (Å²) in [6, 6.07) is 17.1. The fourth-order valence-electron chi connectivity index (χ4n) is 3.99. The van der Waals surface area contributed by atoms with Crippen LogP contribution in [0.25, 0.3) is 21.5 Å². The number of carbonyl (C=O) groups is 1. The normalized spacial score (nSPS) is 11.2. The Kier molecular flexibility index (Phi) is 9.84. The highest BCUT2D eigenvalue weighted by Gasteiger charge is 2.13. The second kappa shape index (κ2) is 13.1. The van der Waals surface area contributed by atoms with Crippen LogP contribution < -0.4 is 16.0 Å². The minimum atomic E-state index is -0.0869. The van der Waals surface area contributed by atoms with E-state index in [1.54, 1.807) is 6.92 Å². The molecular formula is C27H35N3O3. The molecule has 0 radical (unpaired) electrons. The van der Waals surface area contributed by atoms with Gasteiger partial charge in [0, 0.05) is 31.8 Å². The molecule has 0 aliphatic carbocycles. The van der Waals surface area contributed by atoms with Gasteiger partial charge in [0.15, 0.2) is 0 Å². The van der Waals surface area contributed by atoms with Crippen LogP contribution in [0.3, 0.4) is 0 Å². The zero-order valence-electron chi connectivity index (χ0n) is 19.5. The van der Waals surface area contributed by atoms with Crippen LogP contribution >= 0.6 is 0 Å². The average Bonchev–Trinajstić information content (AvgIpc) is 2.83. The van der Waals surface area contributed by atoms with E-state index in [9.17, 15) is 4.79 Å². The van der Waals surface area contributed by atoms with Crippen molar-refractivity contribution in [3.8, 4) is 0 Å². The number of nitrogens with one attached hydrogen (secondary N) is 3. The van der Waals surface area contributed by atoms with Crippen molar-refractivity contribution in [3.05, 3.63) is 71.8 Å². The molecule has 176 valence electrons. The Morgan fingerprint density at radius 2 is 1.36 bits per heavy atom. The molecule has 1 amide bonds. The van der Waals surface area contributed by atoms with Crippen molar-refractivity contribution in [1.82, 2.24) is 16.0 Å². The molecule has 0 aliphatic heterocycles. The molecule has 0 saturated carbocycles. The highest BCUT2D eigenvalue weighted by atomic mass is 16.5. The molecule has 4 N–H and O–H groups in total. The molecule has 0 spiro atoms. The van der Waals surface area contributed by atoms with Crippen molar-refractivity contribution in [2.45, 2.75) is 26.4 Å². The van der Waals surface area contributed by atoms with Crippen molar-refractivity contribution in [3.63, 3.8) is 0 Å². The molecule has 0 atom stereocenters. The van der Waals surface area contributed by atoms with E-state index >= 15 is 0 Å². The Balaban J connectivity index is 1.73. The van der Waals surface area contributed by atoms with E-state index in [0.717, 1.165) is 32.6 Å². The lowest BCUT2D eigenvalue weighted by Gasteiger charge is -2.18. The van der Waals surface area contributed by atoms with E-state index in [2.05, 4.69) is 71.1 Å². The Labute approximate surface area is 196 Å². The maximum atomic E-state index is 11.6. The predicted molar refractivity (Wildman–Crippen MR) is 135 cm³/mol. The first-order chi connectivity index (χ1) is 16.1. The summed E-state index contributed by atoms with van der Waals surface area (Å²) in [5.74, 6) is -0.0869. The van der Waals surface area contributed by atoms with E-state index in [0.29, 0.717) is 25.3 Å². The van der Waals surface area contributed by atoms with Crippen molar-refractivity contribution in [2.75, 3.05) is 39.5 Å². The van der Waals surface area contributed by atoms with E-state index in [1.165, 1.54) is 32.7 Å². The molecule has 3 rings (SSSR count). The number of benzene rings is 3. The van der Waals surface area contributed by atoms with Crippen LogP contribution in [-0.2, 0) is 22.6 Å². The smallest absolute Gasteiger partial charge is 0.246 e. The lowest BCUT2D eigenvalue weighted by Crippen LogP contribution is -2.27. The number of carbonyl (C=O) groups excluding carboxylic acids is 1. The van der Waals surface area contributed by atoms with E-state index in [1.807, 2.05) is 0 Å². The van der Waals surface area contributed by atoms with Gasteiger partial charge in [-0.1, -0.05) is 55.1 Å². The van der Waals surface area contributed by atoms with Gasteiger partial charge in [0.25, 0.3) is 0 Å². The maximum absolute atomic E-state index is 11.6. The number of rotatable bonds is 14. The van der Waals surface area contributed by atoms with Crippen LogP contribution in [0.5, 0.6) is 0 Å². The summed E-state index contributed by atoms with van der Waals surface area (Å²) in [7, 11) is 0. The Hall–Kier alpha value is -2.77. The molecule has 0 aliphatic rings. The van der Waals surface area contributed by atoms with Gasteiger partial charge < -0.3 is 25.8 Å². The van der Waals surface area contributed by atoms with Crippen LogP contribution in [0, 0.1) is 0 Å². The Bertz CT molecular complexity index is 1020. The summed E-state index contributed by atoms with van der Waals surface area (Å²) in [5, 5.41) is 23.8. The zero-order valence-corrected chi connectivity index (χ0v) is 19.5. The third-order valence-electron chi connectivity index (χ3n) is 5.62. The van der Waals surface area contributed by atoms with Gasteiger partial charge in [-0.2, -0.15) is 0 Å². The average molecular weight is 450 g/mol. The molecule has 6 heteroatoms. The predicted octanol–water partition coefficient (Wildman–Crippen LogP) is 3.26. The summed E-state index contributed by atoms with van der Waals surface area (Å²) in [4.78, 5) is 11.6. The monoisotopic (exact) mass is 449 g/mol. The number of ether oxygens (including phenoxy) is 1. The molecule has 3 aromatic rings. The fourth-order valence-corrected chi connectivity index (χ4v) is 3.99. The molecule has 6 nitrogen and oxygen atoms in total. The molecule has 0 bridgehead atoms. The third-order valence-corrected chi connectivity index (χ3v) is 5.62. The maximum Gasteiger partial charge on any atom is 0.246 e. The van der Waals surface area contributed by atoms with Gasteiger partial charge in [-0.05, 0) is 52.6 Å². The quantitative estimate of drug-likeness (QED) is 0.173. The first-order valence-corrected chi connectivity index (χ1v) is 11.6. The third kappa shape index (κ3) is 6.85. The standard InChI is InChI=1S/C27H35N3O3/c1-20(2)27(32)30-13-7-12-28-18-25-21-8-3-5-10-23(21)26(19-29-14-16-33-17-15-31)24-11-6-4-9-22(24)25/h3-6,8-11,28-29,31H,1,7,12-19H2,2H3,(H,30,32). The molecular weight excluding hydrogens is 414 g/mol. The summed E-state index contributed by atoms with van der Waals surface area (Å²) in [6.45, 7) is 10.1. The van der Waals surface area contributed by atoms with Crippen LogP contribution in [-0.4, -0.2) is 50.5 Å². The van der Waals surface area contributed by atoms with Crippen molar-refractivity contribution in [2.24, 2.45) is 0 Å². The van der Waals surface area contributed by atoms with Crippen LogP contribution in [0.2, 0.25) is 0 Å². The van der Waals surface area contributed by atoms with Crippen LogP contribution in [0.4, 0.5) is 0 Å². The lowest BCUT2D eigenvalue weighted by atomic mass is 9.91. The lowest BCUT2D eigenvalue weighted by molar-refractivity contribution is -0.117. The number of amides is 1. The second-order valence-electron chi connectivity index (χ2n) is 8.13.